The molecule has 6 heteroatoms. The molecule has 3 nitrogen and oxygen atoms in total. The lowest BCUT2D eigenvalue weighted by molar-refractivity contribution is 0.251. The molecule has 0 fully saturated rings. The molecule has 2 amide bonds. The third kappa shape index (κ3) is 3.45. The lowest BCUT2D eigenvalue weighted by atomic mass is 10.2. The monoisotopic (exact) mass is 296 g/mol. The second kappa shape index (κ2) is 6.34. The van der Waals surface area contributed by atoms with Crippen molar-refractivity contribution < 1.29 is 13.6 Å². The molecular formula is C14H11ClF2N2O. The van der Waals surface area contributed by atoms with Crippen molar-refractivity contribution >= 4 is 23.3 Å². The lowest BCUT2D eigenvalue weighted by Crippen LogP contribution is -2.28. The molecule has 0 aromatic heterocycles. The summed E-state index contributed by atoms with van der Waals surface area (Å²) in [6, 6.07) is 9.69. The minimum atomic E-state index is -0.713. The largest absolute Gasteiger partial charge is 0.334 e. The van der Waals surface area contributed by atoms with Crippen LogP contribution in [0, 0.1) is 11.6 Å². The van der Waals surface area contributed by atoms with Gasteiger partial charge in [-0.1, -0.05) is 35.9 Å². The fourth-order valence-corrected chi connectivity index (χ4v) is 1.76. The molecule has 0 radical (unpaired) electrons. The summed E-state index contributed by atoms with van der Waals surface area (Å²) >= 11 is 5.59. The van der Waals surface area contributed by atoms with E-state index in [0.29, 0.717) is 5.56 Å². The standard InChI is InChI=1S/C14H11ClF2N2O/c15-10-5-3-7-12(13(10)17)19-14(20)18-8-9-4-1-2-6-11(9)16/h1-7H,8H2,(H2,18,19,20). The average Bonchev–Trinajstić information content (AvgIpc) is 2.43. The zero-order valence-electron chi connectivity index (χ0n) is 10.3. The van der Waals surface area contributed by atoms with Crippen LogP contribution in [0.2, 0.25) is 5.02 Å². The molecular weight excluding hydrogens is 286 g/mol. The number of carbonyl (C=O) groups excluding carboxylic acids is 1. The van der Waals surface area contributed by atoms with Gasteiger partial charge in [0.25, 0.3) is 0 Å². The maximum atomic E-state index is 13.6. The Hall–Kier alpha value is -2.14. The van der Waals surface area contributed by atoms with E-state index in [-0.39, 0.29) is 17.3 Å². The highest BCUT2D eigenvalue weighted by molar-refractivity contribution is 6.31. The van der Waals surface area contributed by atoms with Crippen LogP contribution in [0.25, 0.3) is 0 Å². The van der Waals surface area contributed by atoms with Crippen LogP contribution in [0.5, 0.6) is 0 Å². The van der Waals surface area contributed by atoms with E-state index in [2.05, 4.69) is 10.6 Å². The molecule has 0 aliphatic carbocycles. The van der Waals surface area contributed by atoms with Gasteiger partial charge in [-0.2, -0.15) is 0 Å². The van der Waals surface area contributed by atoms with Crippen molar-refractivity contribution in [2.45, 2.75) is 6.54 Å². The second-order valence-electron chi connectivity index (χ2n) is 4.00. The summed E-state index contributed by atoms with van der Waals surface area (Å²) in [5.41, 5.74) is 0.303. The summed E-state index contributed by atoms with van der Waals surface area (Å²) in [5.74, 6) is -1.13. The molecule has 104 valence electrons. The van der Waals surface area contributed by atoms with Crippen LogP contribution in [0.4, 0.5) is 19.3 Å². The van der Waals surface area contributed by atoms with Gasteiger partial charge in [-0.25, -0.2) is 13.6 Å². The number of halogens is 3. The number of carbonyl (C=O) groups is 1. The van der Waals surface area contributed by atoms with Gasteiger partial charge in [-0.05, 0) is 18.2 Å². The quantitative estimate of drug-likeness (QED) is 0.885. The normalized spacial score (nSPS) is 10.2. The maximum Gasteiger partial charge on any atom is 0.319 e. The van der Waals surface area contributed by atoms with Gasteiger partial charge in [0.05, 0.1) is 10.7 Å². The second-order valence-corrected chi connectivity index (χ2v) is 4.41. The summed E-state index contributed by atoms with van der Waals surface area (Å²) in [7, 11) is 0. The Balaban J connectivity index is 1.96. The smallest absolute Gasteiger partial charge is 0.319 e. The molecule has 0 saturated carbocycles. The predicted molar refractivity (Wildman–Crippen MR) is 73.7 cm³/mol. The van der Waals surface area contributed by atoms with Crippen molar-refractivity contribution in [2.75, 3.05) is 5.32 Å². The average molecular weight is 297 g/mol. The van der Waals surface area contributed by atoms with E-state index in [0.717, 1.165) is 0 Å². The number of benzene rings is 2. The van der Waals surface area contributed by atoms with Crippen LogP contribution in [0.15, 0.2) is 42.5 Å². The zero-order chi connectivity index (χ0) is 14.5. The Morgan fingerprint density at radius 2 is 1.85 bits per heavy atom. The first-order valence-corrected chi connectivity index (χ1v) is 6.18. The van der Waals surface area contributed by atoms with Crippen LogP contribution in [-0.2, 0) is 6.54 Å². The molecule has 0 saturated heterocycles. The van der Waals surface area contributed by atoms with E-state index >= 15 is 0 Å². The Morgan fingerprint density at radius 3 is 2.60 bits per heavy atom. The van der Waals surface area contributed by atoms with Crippen LogP contribution in [0.1, 0.15) is 5.56 Å². The maximum absolute atomic E-state index is 13.6. The van der Waals surface area contributed by atoms with Crippen LogP contribution >= 0.6 is 11.6 Å². The molecule has 20 heavy (non-hydrogen) atoms. The van der Waals surface area contributed by atoms with Gasteiger partial charge < -0.3 is 10.6 Å². The molecule has 2 N–H and O–H groups in total. The molecule has 0 aliphatic rings. The molecule has 0 aliphatic heterocycles. The molecule has 0 bridgehead atoms. The molecule has 0 unspecified atom stereocenters. The van der Waals surface area contributed by atoms with Crippen LogP contribution in [0.3, 0.4) is 0 Å². The highest BCUT2D eigenvalue weighted by Gasteiger charge is 2.09. The van der Waals surface area contributed by atoms with E-state index in [1.54, 1.807) is 18.2 Å². The topological polar surface area (TPSA) is 41.1 Å². The van der Waals surface area contributed by atoms with E-state index < -0.39 is 17.7 Å². The minimum Gasteiger partial charge on any atom is -0.334 e. The minimum absolute atomic E-state index is 0.000686. The van der Waals surface area contributed by atoms with Crippen LogP contribution < -0.4 is 10.6 Å². The number of hydrogen-bond acceptors (Lipinski definition) is 1. The Bertz CT molecular complexity index is 634. The van der Waals surface area contributed by atoms with Gasteiger partial charge in [0.1, 0.15) is 5.82 Å². The van der Waals surface area contributed by atoms with Crippen molar-refractivity contribution in [3.8, 4) is 0 Å². The van der Waals surface area contributed by atoms with E-state index in [1.807, 2.05) is 0 Å². The van der Waals surface area contributed by atoms with Crippen molar-refractivity contribution in [1.82, 2.24) is 5.32 Å². The Labute approximate surface area is 119 Å². The molecule has 0 atom stereocenters. The third-order valence-corrected chi connectivity index (χ3v) is 2.89. The predicted octanol–water partition coefficient (Wildman–Crippen LogP) is 3.94. The van der Waals surface area contributed by atoms with Gasteiger partial charge in [-0.15, -0.1) is 0 Å². The summed E-state index contributed by atoms with van der Waals surface area (Å²) in [6.07, 6.45) is 0. The highest BCUT2D eigenvalue weighted by Crippen LogP contribution is 2.21. The van der Waals surface area contributed by atoms with Gasteiger partial charge in [-0.3, -0.25) is 0 Å². The van der Waals surface area contributed by atoms with E-state index in [1.165, 1.54) is 24.3 Å². The molecule has 2 aromatic carbocycles. The number of urea groups is 1. The number of amides is 2. The van der Waals surface area contributed by atoms with Crippen molar-refractivity contribution in [3.05, 3.63) is 64.7 Å². The summed E-state index contributed by atoms with van der Waals surface area (Å²) in [5, 5.41) is 4.66. The number of rotatable bonds is 3. The fourth-order valence-electron chi connectivity index (χ4n) is 1.58. The first-order chi connectivity index (χ1) is 9.58. The molecule has 2 rings (SSSR count). The van der Waals surface area contributed by atoms with Crippen LogP contribution in [-0.4, -0.2) is 6.03 Å². The first kappa shape index (κ1) is 14.3. The lowest BCUT2D eigenvalue weighted by Gasteiger charge is -2.09. The summed E-state index contributed by atoms with van der Waals surface area (Å²) in [6.45, 7) is 0.000686. The van der Waals surface area contributed by atoms with Gasteiger partial charge in [0.15, 0.2) is 5.82 Å². The highest BCUT2D eigenvalue weighted by atomic mass is 35.5. The molecule has 0 spiro atoms. The van der Waals surface area contributed by atoms with Crippen molar-refractivity contribution in [1.29, 1.82) is 0 Å². The number of nitrogens with one attached hydrogen (secondary N) is 2. The van der Waals surface area contributed by atoms with Crippen molar-refractivity contribution in [3.63, 3.8) is 0 Å². The SMILES string of the molecule is O=C(NCc1ccccc1F)Nc1cccc(Cl)c1F. The molecule has 0 heterocycles. The number of hydrogen-bond donors (Lipinski definition) is 2. The van der Waals surface area contributed by atoms with Crippen molar-refractivity contribution in [2.24, 2.45) is 0 Å². The van der Waals surface area contributed by atoms with Gasteiger partial charge >= 0.3 is 6.03 Å². The Kier molecular flexibility index (Phi) is 4.53. The number of anilines is 1. The van der Waals surface area contributed by atoms with Gasteiger partial charge in [0.2, 0.25) is 0 Å². The van der Waals surface area contributed by atoms with E-state index in [4.69, 9.17) is 11.6 Å². The Morgan fingerprint density at radius 1 is 1.10 bits per heavy atom. The van der Waals surface area contributed by atoms with E-state index in [9.17, 15) is 13.6 Å². The van der Waals surface area contributed by atoms with Gasteiger partial charge in [0, 0.05) is 12.1 Å². The first-order valence-electron chi connectivity index (χ1n) is 5.80. The molecule has 2 aromatic rings. The summed E-state index contributed by atoms with van der Waals surface area (Å²) in [4.78, 5) is 11.6. The third-order valence-electron chi connectivity index (χ3n) is 2.60. The summed E-state index contributed by atoms with van der Waals surface area (Å²) < 4.78 is 26.9. The fraction of sp³-hybridized carbons (Fsp3) is 0.0714. The zero-order valence-corrected chi connectivity index (χ0v) is 11.0.